The molecule has 21 heavy (non-hydrogen) atoms. The van der Waals surface area contributed by atoms with Crippen LogP contribution in [0.4, 0.5) is 5.69 Å². The molecule has 1 N–H and O–H groups in total. The third kappa shape index (κ3) is 3.45. The average Bonchev–Trinajstić information content (AvgIpc) is 2.86. The van der Waals surface area contributed by atoms with Crippen LogP contribution in [0, 0.1) is 10.1 Å². The van der Waals surface area contributed by atoms with Gasteiger partial charge in [0, 0.05) is 12.1 Å². The first-order chi connectivity index (χ1) is 9.88. The number of benzene rings is 1. The number of nitrogens with zero attached hydrogens (tertiary/aromatic N) is 1. The molecule has 1 aromatic heterocycles. The fourth-order valence-corrected chi connectivity index (χ4v) is 2.09. The van der Waals surface area contributed by atoms with E-state index in [1.165, 1.54) is 6.07 Å². The highest BCUT2D eigenvalue weighted by molar-refractivity contribution is 6.37. The van der Waals surface area contributed by atoms with Crippen LogP contribution < -0.4 is 4.74 Å². The number of furan rings is 1. The smallest absolute Gasteiger partial charge is 0.338 e. The molecule has 0 radical (unpaired) electrons. The minimum Gasteiger partial charge on any atom is -0.483 e. The molecule has 1 aromatic carbocycles. The van der Waals surface area contributed by atoms with Gasteiger partial charge in [-0.05, 0) is 6.07 Å². The van der Waals surface area contributed by atoms with Crippen LogP contribution in [0.5, 0.6) is 5.75 Å². The van der Waals surface area contributed by atoms with E-state index in [-0.39, 0.29) is 39.4 Å². The van der Waals surface area contributed by atoms with Gasteiger partial charge >= 0.3 is 5.97 Å². The third-order valence-electron chi connectivity index (χ3n) is 2.45. The van der Waals surface area contributed by atoms with E-state index in [0.717, 1.165) is 18.4 Å². The highest BCUT2D eigenvalue weighted by Gasteiger charge is 2.16. The van der Waals surface area contributed by atoms with Gasteiger partial charge in [-0.15, -0.1) is 0 Å². The number of nitro groups is 1. The van der Waals surface area contributed by atoms with Crippen molar-refractivity contribution in [2.24, 2.45) is 0 Å². The number of rotatable bonds is 5. The van der Waals surface area contributed by atoms with Gasteiger partial charge in [0.05, 0.1) is 20.5 Å². The number of halogens is 2. The van der Waals surface area contributed by atoms with E-state index in [1.54, 1.807) is 0 Å². The number of non-ortho nitro benzene ring substituents is 1. The molecule has 0 aliphatic rings. The second kappa shape index (κ2) is 6.02. The van der Waals surface area contributed by atoms with Crippen molar-refractivity contribution in [3.63, 3.8) is 0 Å². The summed E-state index contributed by atoms with van der Waals surface area (Å²) in [6.45, 7) is -0.121. The Morgan fingerprint density at radius 1 is 1.33 bits per heavy atom. The molecule has 2 aromatic rings. The van der Waals surface area contributed by atoms with Gasteiger partial charge in [0.2, 0.25) is 0 Å². The minimum absolute atomic E-state index is 0.0190. The molecular formula is C12H7Cl2NO6. The molecule has 0 saturated carbocycles. The lowest BCUT2D eigenvalue weighted by molar-refractivity contribution is -0.384. The van der Waals surface area contributed by atoms with Gasteiger partial charge in [-0.2, -0.15) is 0 Å². The molecule has 0 fully saturated rings. The number of hydrogen-bond acceptors (Lipinski definition) is 5. The Balaban J connectivity index is 2.16. The first-order valence-electron chi connectivity index (χ1n) is 5.45. The lowest BCUT2D eigenvalue weighted by atomic mass is 10.3. The molecule has 2 rings (SSSR count). The summed E-state index contributed by atoms with van der Waals surface area (Å²) in [5.41, 5.74) is -0.280. The first-order valence-corrected chi connectivity index (χ1v) is 6.21. The van der Waals surface area contributed by atoms with Crippen LogP contribution in [-0.2, 0) is 6.61 Å². The monoisotopic (exact) mass is 331 g/mol. The zero-order valence-corrected chi connectivity index (χ0v) is 11.7. The van der Waals surface area contributed by atoms with Crippen LogP contribution in [-0.4, -0.2) is 16.0 Å². The molecule has 0 aliphatic carbocycles. The molecule has 1 heterocycles. The lowest BCUT2D eigenvalue weighted by Gasteiger charge is -2.08. The van der Waals surface area contributed by atoms with E-state index < -0.39 is 10.9 Å². The van der Waals surface area contributed by atoms with Crippen molar-refractivity contribution in [1.82, 2.24) is 0 Å². The molecular weight excluding hydrogens is 325 g/mol. The lowest BCUT2D eigenvalue weighted by Crippen LogP contribution is -1.97. The number of hydrogen-bond donors (Lipinski definition) is 1. The number of carboxylic acids is 1. The van der Waals surface area contributed by atoms with Crippen LogP contribution in [0.25, 0.3) is 0 Å². The van der Waals surface area contributed by atoms with E-state index in [1.807, 2.05) is 0 Å². The van der Waals surface area contributed by atoms with Gasteiger partial charge in [0.1, 0.15) is 18.6 Å². The van der Waals surface area contributed by atoms with Gasteiger partial charge in [-0.25, -0.2) is 4.79 Å². The Morgan fingerprint density at radius 3 is 2.43 bits per heavy atom. The van der Waals surface area contributed by atoms with Gasteiger partial charge in [-0.3, -0.25) is 10.1 Å². The second-order valence-electron chi connectivity index (χ2n) is 3.89. The summed E-state index contributed by atoms with van der Waals surface area (Å²) in [5.74, 6) is -0.827. The number of carbonyl (C=O) groups is 1. The van der Waals surface area contributed by atoms with Crippen LogP contribution in [0.1, 0.15) is 16.1 Å². The zero-order chi connectivity index (χ0) is 15.6. The molecule has 7 nitrogen and oxygen atoms in total. The maximum absolute atomic E-state index is 10.7. The minimum atomic E-state index is -1.13. The molecule has 0 unspecified atom stereocenters. The summed E-state index contributed by atoms with van der Waals surface area (Å²) in [7, 11) is 0. The SMILES string of the molecule is O=C(O)c1coc(COc2c(Cl)cc([N+](=O)[O-])cc2Cl)c1. The molecule has 0 bridgehead atoms. The molecule has 0 spiro atoms. The Labute approximate surface area is 127 Å². The number of ether oxygens (including phenoxy) is 1. The fraction of sp³-hybridized carbons (Fsp3) is 0.0833. The van der Waals surface area contributed by atoms with Crippen molar-refractivity contribution in [1.29, 1.82) is 0 Å². The van der Waals surface area contributed by atoms with Crippen molar-refractivity contribution in [3.05, 3.63) is 55.9 Å². The summed E-state index contributed by atoms with van der Waals surface area (Å²) < 4.78 is 10.3. The number of nitro benzene ring substituents is 1. The van der Waals surface area contributed by atoms with Crippen molar-refractivity contribution < 1.29 is 24.0 Å². The van der Waals surface area contributed by atoms with Gasteiger partial charge in [0.25, 0.3) is 5.69 Å². The van der Waals surface area contributed by atoms with E-state index in [0.29, 0.717) is 0 Å². The van der Waals surface area contributed by atoms with Gasteiger partial charge < -0.3 is 14.3 Å². The van der Waals surface area contributed by atoms with E-state index in [9.17, 15) is 14.9 Å². The van der Waals surface area contributed by atoms with Gasteiger partial charge in [0.15, 0.2) is 5.75 Å². The van der Waals surface area contributed by atoms with Crippen LogP contribution in [0.15, 0.2) is 28.9 Å². The summed E-state index contributed by atoms with van der Waals surface area (Å²) >= 11 is 11.7. The Morgan fingerprint density at radius 2 is 1.95 bits per heavy atom. The predicted octanol–water partition coefficient (Wildman–Crippen LogP) is 3.77. The number of carboxylic acid groups (broad SMARTS) is 1. The summed E-state index contributed by atoms with van der Waals surface area (Å²) in [5, 5.41) is 19.3. The molecule has 0 amide bonds. The second-order valence-corrected chi connectivity index (χ2v) is 4.71. The van der Waals surface area contributed by atoms with Crippen molar-refractivity contribution in [2.75, 3.05) is 0 Å². The Bertz CT molecular complexity index is 689. The van der Waals surface area contributed by atoms with Crippen LogP contribution >= 0.6 is 23.2 Å². The topological polar surface area (TPSA) is 103 Å². The molecule has 9 heteroatoms. The maximum Gasteiger partial charge on any atom is 0.338 e. The standard InChI is InChI=1S/C12H7Cl2NO6/c13-9-2-7(15(18)19)3-10(14)11(9)21-5-8-1-6(4-20-8)12(16)17/h1-4H,5H2,(H,16,17). The maximum atomic E-state index is 10.7. The highest BCUT2D eigenvalue weighted by atomic mass is 35.5. The molecule has 0 atom stereocenters. The quantitative estimate of drug-likeness (QED) is 0.660. The third-order valence-corrected chi connectivity index (χ3v) is 3.01. The summed E-state index contributed by atoms with van der Waals surface area (Å²) in [4.78, 5) is 20.7. The zero-order valence-electron chi connectivity index (χ0n) is 10.2. The molecule has 110 valence electrons. The van der Waals surface area contributed by atoms with Crippen molar-refractivity contribution >= 4 is 34.9 Å². The summed E-state index contributed by atoms with van der Waals surface area (Å²) in [6.07, 6.45) is 1.07. The first kappa shape index (κ1) is 15.1. The summed E-state index contributed by atoms with van der Waals surface area (Å²) in [6, 6.07) is 3.50. The Hall–Kier alpha value is -2.25. The predicted molar refractivity (Wildman–Crippen MR) is 73.1 cm³/mol. The van der Waals surface area contributed by atoms with Crippen LogP contribution in [0.2, 0.25) is 10.0 Å². The Kier molecular flexibility index (Phi) is 4.35. The largest absolute Gasteiger partial charge is 0.483 e. The molecule has 0 saturated heterocycles. The molecule has 0 aliphatic heterocycles. The number of aromatic carboxylic acids is 1. The normalized spacial score (nSPS) is 10.4. The van der Waals surface area contributed by atoms with Gasteiger partial charge in [-0.1, -0.05) is 23.2 Å². The average molecular weight is 332 g/mol. The van der Waals surface area contributed by atoms with E-state index >= 15 is 0 Å². The fourth-order valence-electron chi connectivity index (χ4n) is 1.50. The van der Waals surface area contributed by atoms with E-state index in [2.05, 4.69) is 0 Å². The van der Waals surface area contributed by atoms with Crippen LogP contribution in [0.3, 0.4) is 0 Å². The van der Waals surface area contributed by atoms with Crippen molar-refractivity contribution in [3.8, 4) is 5.75 Å². The van der Waals surface area contributed by atoms with Crippen molar-refractivity contribution in [2.45, 2.75) is 6.61 Å². The highest BCUT2D eigenvalue weighted by Crippen LogP contribution is 2.37. The van der Waals surface area contributed by atoms with E-state index in [4.69, 9.17) is 37.5 Å².